The van der Waals surface area contributed by atoms with Crippen molar-refractivity contribution < 1.29 is 0 Å². The molecule has 1 aromatic rings. The van der Waals surface area contributed by atoms with Gasteiger partial charge in [-0.05, 0) is 33.2 Å². The Bertz CT molecular complexity index is 361. The van der Waals surface area contributed by atoms with E-state index in [4.69, 9.17) is 11.6 Å². The number of nitrogens with zero attached hydrogens (tertiary/aromatic N) is 2. The van der Waals surface area contributed by atoms with E-state index in [1.54, 1.807) is 17.5 Å². The van der Waals surface area contributed by atoms with Crippen molar-refractivity contribution in [1.29, 1.82) is 0 Å². The number of hydrogen-bond acceptors (Lipinski definition) is 4. The molecular formula is C13H22ClN3S. The van der Waals surface area contributed by atoms with Crippen molar-refractivity contribution in [2.24, 2.45) is 0 Å². The monoisotopic (exact) mass is 287 g/mol. The van der Waals surface area contributed by atoms with Gasteiger partial charge in [-0.1, -0.05) is 18.0 Å². The molecule has 3 nitrogen and oxygen atoms in total. The molecule has 0 bridgehead atoms. The molecule has 0 aromatic carbocycles. The second-order valence-electron chi connectivity index (χ2n) is 5.23. The molecule has 1 fully saturated rings. The smallest absolute Gasteiger partial charge is 0.113 e. The van der Waals surface area contributed by atoms with Gasteiger partial charge in [-0.3, -0.25) is 4.90 Å². The first kappa shape index (κ1) is 14.3. The highest BCUT2D eigenvalue weighted by molar-refractivity contribution is 7.15. The van der Waals surface area contributed by atoms with Gasteiger partial charge in [-0.15, -0.1) is 11.3 Å². The third kappa shape index (κ3) is 4.19. The number of aromatic nitrogens is 1. The molecule has 0 saturated carbocycles. The standard InChI is InChI=1S/C13H22ClN3S/c1-10(2)17(8-11-5-3-4-6-15-11)9-13-16-7-12(14)18-13/h7,10-11,15H,3-6,8-9H2,1-2H3. The molecule has 1 aliphatic rings. The molecule has 102 valence electrons. The van der Waals surface area contributed by atoms with Crippen LogP contribution in [0, 0.1) is 0 Å². The van der Waals surface area contributed by atoms with Crippen LogP contribution in [-0.4, -0.2) is 35.1 Å². The molecular weight excluding hydrogens is 266 g/mol. The van der Waals surface area contributed by atoms with Gasteiger partial charge in [0, 0.05) is 18.6 Å². The fourth-order valence-corrected chi connectivity index (χ4v) is 3.34. The average Bonchev–Trinajstić information content (AvgIpc) is 2.75. The van der Waals surface area contributed by atoms with Crippen molar-refractivity contribution >= 4 is 22.9 Å². The minimum atomic E-state index is 0.538. The number of piperidine rings is 1. The topological polar surface area (TPSA) is 28.2 Å². The van der Waals surface area contributed by atoms with E-state index in [2.05, 4.69) is 29.0 Å². The molecule has 0 amide bonds. The second-order valence-corrected chi connectivity index (χ2v) is 6.97. The van der Waals surface area contributed by atoms with E-state index in [0.717, 1.165) is 22.4 Å². The molecule has 2 heterocycles. The number of halogens is 1. The highest BCUT2D eigenvalue weighted by Crippen LogP contribution is 2.21. The van der Waals surface area contributed by atoms with Crippen LogP contribution >= 0.6 is 22.9 Å². The Kier molecular flexibility index (Phi) is 5.42. The Balaban J connectivity index is 1.90. The van der Waals surface area contributed by atoms with Crippen LogP contribution in [0.5, 0.6) is 0 Å². The summed E-state index contributed by atoms with van der Waals surface area (Å²) in [6, 6.07) is 1.17. The SMILES string of the molecule is CC(C)N(Cc1ncc(Cl)s1)CC1CCCCN1. The van der Waals surface area contributed by atoms with Gasteiger partial charge in [0.15, 0.2) is 0 Å². The Morgan fingerprint density at radius 2 is 2.39 bits per heavy atom. The fourth-order valence-electron chi connectivity index (χ4n) is 2.36. The van der Waals surface area contributed by atoms with Crippen LogP contribution in [0.1, 0.15) is 38.1 Å². The molecule has 1 aliphatic heterocycles. The Hall–Kier alpha value is -0.160. The van der Waals surface area contributed by atoms with Crippen molar-refractivity contribution in [1.82, 2.24) is 15.2 Å². The number of hydrogen-bond donors (Lipinski definition) is 1. The molecule has 18 heavy (non-hydrogen) atoms. The van der Waals surface area contributed by atoms with Crippen molar-refractivity contribution in [3.8, 4) is 0 Å². The van der Waals surface area contributed by atoms with Crippen molar-refractivity contribution in [2.45, 2.75) is 51.7 Å². The zero-order valence-electron chi connectivity index (χ0n) is 11.2. The van der Waals surface area contributed by atoms with Gasteiger partial charge in [-0.25, -0.2) is 4.98 Å². The summed E-state index contributed by atoms with van der Waals surface area (Å²) in [5.41, 5.74) is 0. The van der Waals surface area contributed by atoms with Crippen LogP contribution in [0.15, 0.2) is 6.20 Å². The number of thiazole rings is 1. The number of rotatable bonds is 5. The Morgan fingerprint density at radius 1 is 1.56 bits per heavy atom. The normalized spacial score (nSPS) is 20.8. The van der Waals surface area contributed by atoms with Crippen LogP contribution in [0.2, 0.25) is 4.34 Å². The van der Waals surface area contributed by atoms with E-state index < -0.39 is 0 Å². The third-order valence-electron chi connectivity index (χ3n) is 3.46. The van der Waals surface area contributed by atoms with Crippen molar-refractivity contribution in [3.05, 3.63) is 15.5 Å². The van der Waals surface area contributed by atoms with E-state index in [9.17, 15) is 0 Å². The molecule has 0 aliphatic carbocycles. The van der Waals surface area contributed by atoms with E-state index in [1.807, 2.05) is 0 Å². The lowest BCUT2D eigenvalue weighted by Gasteiger charge is -2.32. The van der Waals surface area contributed by atoms with Gasteiger partial charge in [-0.2, -0.15) is 0 Å². The molecule has 1 unspecified atom stereocenters. The maximum atomic E-state index is 5.94. The van der Waals surface area contributed by atoms with E-state index in [-0.39, 0.29) is 0 Å². The summed E-state index contributed by atoms with van der Waals surface area (Å²) in [6.07, 6.45) is 5.72. The number of nitrogens with one attached hydrogen (secondary N) is 1. The zero-order chi connectivity index (χ0) is 13.0. The van der Waals surface area contributed by atoms with Gasteiger partial charge in [0.2, 0.25) is 0 Å². The van der Waals surface area contributed by atoms with Crippen LogP contribution in [0.4, 0.5) is 0 Å². The van der Waals surface area contributed by atoms with E-state index >= 15 is 0 Å². The highest BCUT2D eigenvalue weighted by Gasteiger charge is 2.19. The summed E-state index contributed by atoms with van der Waals surface area (Å²) in [6.45, 7) is 7.68. The largest absolute Gasteiger partial charge is 0.313 e. The zero-order valence-corrected chi connectivity index (χ0v) is 12.7. The van der Waals surface area contributed by atoms with Crippen LogP contribution in [0.3, 0.4) is 0 Å². The van der Waals surface area contributed by atoms with Crippen LogP contribution in [-0.2, 0) is 6.54 Å². The second kappa shape index (κ2) is 6.85. The van der Waals surface area contributed by atoms with Crippen LogP contribution in [0.25, 0.3) is 0 Å². The lowest BCUT2D eigenvalue weighted by atomic mass is 10.0. The maximum Gasteiger partial charge on any atom is 0.113 e. The first-order chi connectivity index (χ1) is 8.65. The van der Waals surface area contributed by atoms with Gasteiger partial charge in [0.25, 0.3) is 0 Å². The molecule has 1 saturated heterocycles. The Labute approximate surface area is 119 Å². The molecule has 0 spiro atoms. The van der Waals surface area contributed by atoms with E-state index in [1.165, 1.54) is 25.8 Å². The summed E-state index contributed by atoms with van der Waals surface area (Å²) < 4.78 is 0.782. The molecule has 1 aromatic heterocycles. The maximum absolute atomic E-state index is 5.94. The lowest BCUT2D eigenvalue weighted by molar-refractivity contribution is 0.177. The summed E-state index contributed by atoms with van der Waals surface area (Å²) in [4.78, 5) is 6.84. The predicted molar refractivity (Wildman–Crippen MR) is 78.3 cm³/mol. The summed E-state index contributed by atoms with van der Waals surface area (Å²) in [5.74, 6) is 0. The molecule has 1 atom stereocenters. The van der Waals surface area contributed by atoms with Crippen molar-refractivity contribution in [3.63, 3.8) is 0 Å². The summed E-state index contributed by atoms with van der Waals surface area (Å²) in [5, 5.41) is 4.73. The minimum Gasteiger partial charge on any atom is -0.313 e. The van der Waals surface area contributed by atoms with Crippen molar-refractivity contribution in [2.75, 3.05) is 13.1 Å². The van der Waals surface area contributed by atoms with Gasteiger partial charge in [0.05, 0.1) is 12.7 Å². The minimum absolute atomic E-state index is 0.538. The van der Waals surface area contributed by atoms with Gasteiger partial charge in [0.1, 0.15) is 9.34 Å². The van der Waals surface area contributed by atoms with Crippen LogP contribution < -0.4 is 5.32 Å². The first-order valence-electron chi connectivity index (χ1n) is 6.73. The fraction of sp³-hybridized carbons (Fsp3) is 0.769. The molecule has 5 heteroatoms. The molecule has 2 rings (SSSR count). The molecule has 1 N–H and O–H groups in total. The van der Waals surface area contributed by atoms with E-state index in [0.29, 0.717) is 12.1 Å². The first-order valence-corrected chi connectivity index (χ1v) is 7.92. The summed E-state index contributed by atoms with van der Waals surface area (Å²) >= 11 is 7.53. The highest BCUT2D eigenvalue weighted by atomic mass is 35.5. The summed E-state index contributed by atoms with van der Waals surface area (Å²) in [7, 11) is 0. The molecule has 0 radical (unpaired) electrons. The van der Waals surface area contributed by atoms with Gasteiger partial charge >= 0.3 is 0 Å². The average molecular weight is 288 g/mol. The quantitative estimate of drug-likeness (QED) is 0.902. The Morgan fingerprint density at radius 3 is 2.94 bits per heavy atom. The predicted octanol–water partition coefficient (Wildman–Crippen LogP) is 3.15. The van der Waals surface area contributed by atoms with Gasteiger partial charge < -0.3 is 5.32 Å². The third-order valence-corrected chi connectivity index (χ3v) is 4.56. The lowest BCUT2D eigenvalue weighted by Crippen LogP contribution is -2.45.